The largest absolute Gasteiger partial charge is 0.397 e. The molecule has 4 heteroatoms. The molecular weight excluding hydrogens is 236 g/mol. The lowest BCUT2D eigenvalue weighted by molar-refractivity contribution is 1.10. The molecule has 2 aromatic heterocycles. The van der Waals surface area contributed by atoms with Crippen molar-refractivity contribution in [2.75, 3.05) is 5.73 Å². The summed E-state index contributed by atoms with van der Waals surface area (Å²) < 4.78 is 0. The van der Waals surface area contributed by atoms with Crippen molar-refractivity contribution in [2.45, 2.75) is 6.92 Å². The van der Waals surface area contributed by atoms with Crippen LogP contribution >= 0.6 is 0 Å². The fourth-order valence-corrected chi connectivity index (χ4v) is 2.00. The summed E-state index contributed by atoms with van der Waals surface area (Å²) in [7, 11) is 0. The number of pyridine rings is 1. The first-order chi connectivity index (χ1) is 9.24. The highest BCUT2D eigenvalue weighted by molar-refractivity contribution is 5.70. The van der Waals surface area contributed by atoms with E-state index in [1.54, 1.807) is 6.20 Å². The first kappa shape index (κ1) is 11.5. The van der Waals surface area contributed by atoms with Gasteiger partial charge in [0.25, 0.3) is 0 Å². The van der Waals surface area contributed by atoms with Gasteiger partial charge in [0, 0.05) is 17.3 Å². The number of benzene rings is 1. The monoisotopic (exact) mass is 250 g/mol. The topological polar surface area (TPSA) is 67.6 Å². The van der Waals surface area contributed by atoms with Crippen LogP contribution in [0.5, 0.6) is 0 Å². The molecule has 0 saturated carbocycles. The van der Waals surface area contributed by atoms with Gasteiger partial charge in [-0.25, -0.2) is 0 Å². The molecule has 0 amide bonds. The molecule has 94 valence electrons. The van der Waals surface area contributed by atoms with Crippen LogP contribution in [-0.2, 0) is 0 Å². The maximum atomic E-state index is 5.80. The summed E-state index contributed by atoms with van der Waals surface area (Å²) in [4.78, 5) is 4.51. The lowest BCUT2D eigenvalue weighted by atomic mass is 10.1. The standard InChI is InChI=1S/C15H14N4/c1-10-13(16)5-6-14(18-10)11-3-2-4-12(9-11)15-7-8-17-19-15/h2-9H,16H2,1H3,(H,17,19). The second-order valence-corrected chi connectivity index (χ2v) is 4.42. The molecule has 0 aliphatic carbocycles. The van der Waals surface area contributed by atoms with Crippen LogP contribution in [0.25, 0.3) is 22.5 Å². The Balaban J connectivity index is 2.06. The van der Waals surface area contributed by atoms with Gasteiger partial charge in [0.2, 0.25) is 0 Å². The van der Waals surface area contributed by atoms with E-state index in [1.165, 1.54) is 0 Å². The zero-order chi connectivity index (χ0) is 13.2. The Hall–Kier alpha value is -2.62. The summed E-state index contributed by atoms with van der Waals surface area (Å²) >= 11 is 0. The molecule has 0 radical (unpaired) electrons. The second-order valence-electron chi connectivity index (χ2n) is 4.42. The Labute approximate surface area is 111 Å². The molecule has 3 aromatic rings. The highest BCUT2D eigenvalue weighted by atomic mass is 15.1. The van der Waals surface area contributed by atoms with E-state index in [2.05, 4.69) is 21.2 Å². The van der Waals surface area contributed by atoms with Gasteiger partial charge in [-0.05, 0) is 31.2 Å². The van der Waals surface area contributed by atoms with Gasteiger partial charge in [0.15, 0.2) is 0 Å². The number of rotatable bonds is 2. The molecule has 1 aromatic carbocycles. The van der Waals surface area contributed by atoms with Crippen molar-refractivity contribution in [1.82, 2.24) is 15.2 Å². The van der Waals surface area contributed by atoms with E-state index in [1.807, 2.05) is 43.3 Å². The smallest absolute Gasteiger partial charge is 0.0707 e. The zero-order valence-corrected chi connectivity index (χ0v) is 10.6. The molecule has 0 aliphatic rings. The minimum absolute atomic E-state index is 0.716. The van der Waals surface area contributed by atoms with Crippen LogP contribution in [0.1, 0.15) is 5.69 Å². The maximum absolute atomic E-state index is 5.80. The molecule has 0 unspecified atom stereocenters. The molecular formula is C15H14N4. The second kappa shape index (κ2) is 4.57. The molecule has 0 spiro atoms. The van der Waals surface area contributed by atoms with Crippen LogP contribution in [0, 0.1) is 6.92 Å². The van der Waals surface area contributed by atoms with Crippen LogP contribution in [-0.4, -0.2) is 15.2 Å². The third-order valence-electron chi connectivity index (χ3n) is 3.10. The third kappa shape index (κ3) is 2.20. The van der Waals surface area contributed by atoms with Gasteiger partial charge in [-0.2, -0.15) is 5.10 Å². The summed E-state index contributed by atoms with van der Waals surface area (Å²) in [5.74, 6) is 0. The van der Waals surface area contributed by atoms with Crippen molar-refractivity contribution in [3.8, 4) is 22.5 Å². The number of aryl methyl sites for hydroxylation is 1. The fraction of sp³-hybridized carbons (Fsp3) is 0.0667. The molecule has 0 saturated heterocycles. The number of hydrogen-bond donors (Lipinski definition) is 2. The van der Waals surface area contributed by atoms with Crippen molar-refractivity contribution in [3.05, 3.63) is 54.4 Å². The van der Waals surface area contributed by atoms with E-state index in [-0.39, 0.29) is 0 Å². The Kier molecular flexibility index (Phi) is 2.76. The summed E-state index contributed by atoms with van der Waals surface area (Å²) in [6.07, 6.45) is 1.74. The number of nitrogens with zero attached hydrogens (tertiary/aromatic N) is 2. The highest BCUT2D eigenvalue weighted by Crippen LogP contribution is 2.25. The Bertz CT molecular complexity index is 702. The lowest BCUT2D eigenvalue weighted by Crippen LogP contribution is -1.94. The fourth-order valence-electron chi connectivity index (χ4n) is 2.00. The van der Waals surface area contributed by atoms with Crippen LogP contribution in [0.4, 0.5) is 5.69 Å². The first-order valence-corrected chi connectivity index (χ1v) is 6.07. The molecule has 3 rings (SSSR count). The van der Waals surface area contributed by atoms with Crippen molar-refractivity contribution in [3.63, 3.8) is 0 Å². The van der Waals surface area contributed by atoms with Crippen molar-refractivity contribution in [1.29, 1.82) is 0 Å². The van der Waals surface area contributed by atoms with Gasteiger partial charge in [0.05, 0.1) is 22.8 Å². The summed E-state index contributed by atoms with van der Waals surface area (Å²) in [5.41, 5.74) is 11.4. The SMILES string of the molecule is Cc1nc(-c2cccc(-c3ccn[nH]3)c2)ccc1N. The number of H-pyrrole nitrogens is 1. The number of anilines is 1. The predicted octanol–water partition coefficient (Wildman–Crippen LogP) is 3.03. The van der Waals surface area contributed by atoms with Crippen molar-refractivity contribution in [2.24, 2.45) is 0 Å². The Morgan fingerprint density at radius 1 is 1.05 bits per heavy atom. The van der Waals surface area contributed by atoms with E-state index in [0.29, 0.717) is 5.69 Å². The molecule has 0 bridgehead atoms. The number of hydrogen-bond acceptors (Lipinski definition) is 3. The molecule has 2 heterocycles. The minimum Gasteiger partial charge on any atom is -0.397 e. The van der Waals surface area contributed by atoms with Crippen molar-refractivity contribution < 1.29 is 0 Å². The first-order valence-electron chi connectivity index (χ1n) is 6.07. The molecule has 4 nitrogen and oxygen atoms in total. The van der Waals surface area contributed by atoms with Crippen LogP contribution in [0.2, 0.25) is 0 Å². The van der Waals surface area contributed by atoms with Gasteiger partial charge in [-0.1, -0.05) is 18.2 Å². The van der Waals surface area contributed by atoms with Crippen LogP contribution in [0.3, 0.4) is 0 Å². The van der Waals surface area contributed by atoms with E-state index in [4.69, 9.17) is 5.73 Å². The normalized spacial score (nSPS) is 10.6. The predicted molar refractivity (Wildman–Crippen MR) is 76.4 cm³/mol. The zero-order valence-electron chi connectivity index (χ0n) is 10.6. The molecule has 19 heavy (non-hydrogen) atoms. The summed E-state index contributed by atoms with van der Waals surface area (Å²) in [6.45, 7) is 1.91. The van der Waals surface area contributed by atoms with Gasteiger partial charge in [0.1, 0.15) is 0 Å². The summed E-state index contributed by atoms with van der Waals surface area (Å²) in [5, 5.41) is 6.93. The van der Waals surface area contributed by atoms with E-state index in [9.17, 15) is 0 Å². The number of nitrogens with two attached hydrogens (primary N) is 1. The van der Waals surface area contributed by atoms with Crippen LogP contribution in [0.15, 0.2) is 48.7 Å². The average molecular weight is 250 g/mol. The van der Waals surface area contributed by atoms with Gasteiger partial charge < -0.3 is 5.73 Å². The minimum atomic E-state index is 0.716. The number of aromatic amines is 1. The number of nitrogen functional groups attached to an aromatic ring is 1. The number of nitrogens with one attached hydrogen (secondary N) is 1. The summed E-state index contributed by atoms with van der Waals surface area (Å²) in [6, 6.07) is 14.0. The van der Waals surface area contributed by atoms with E-state index < -0.39 is 0 Å². The van der Waals surface area contributed by atoms with Crippen molar-refractivity contribution >= 4 is 5.69 Å². The molecule has 0 fully saturated rings. The maximum Gasteiger partial charge on any atom is 0.0707 e. The van der Waals surface area contributed by atoms with Crippen LogP contribution < -0.4 is 5.73 Å². The molecule has 0 atom stereocenters. The molecule has 0 aliphatic heterocycles. The quantitative estimate of drug-likeness (QED) is 0.734. The Morgan fingerprint density at radius 2 is 1.89 bits per heavy atom. The van der Waals surface area contributed by atoms with Gasteiger partial charge in [-0.15, -0.1) is 0 Å². The van der Waals surface area contributed by atoms with Gasteiger partial charge >= 0.3 is 0 Å². The molecule has 3 N–H and O–H groups in total. The third-order valence-corrected chi connectivity index (χ3v) is 3.10. The van der Waals surface area contributed by atoms with Gasteiger partial charge in [-0.3, -0.25) is 10.1 Å². The highest BCUT2D eigenvalue weighted by Gasteiger charge is 2.04. The van der Waals surface area contributed by atoms with E-state index >= 15 is 0 Å². The number of aromatic nitrogens is 3. The Morgan fingerprint density at radius 3 is 2.63 bits per heavy atom. The lowest BCUT2D eigenvalue weighted by Gasteiger charge is -2.06. The van der Waals surface area contributed by atoms with E-state index in [0.717, 1.165) is 28.2 Å². The average Bonchev–Trinajstić information content (AvgIpc) is 2.96.